The molecule has 0 radical (unpaired) electrons. The fraction of sp³-hybridized carbons (Fsp3) is 0.333. The molecule has 3 nitrogen and oxygen atoms in total. The van der Waals surface area contributed by atoms with Gasteiger partial charge in [0, 0.05) is 11.0 Å². The first-order valence-electron chi connectivity index (χ1n) is 4.13. The van der Waals surface area contributed by atoms with Gasteiger partial charge in [-0.25, -0.2) is 0 Å². The highest BCUT2D eigenvalue weighted by atomic mass is 15.5. The van der Waals surface area contributed by atoms with Gasteiger partial charge in [-0.1, -0.05) is 13.8 Å². The van der Waals surface area contributed by atoms with Crippen molar-refractivity contribution >= 4 is 0 Å². The summed E-state index contributed by atoms with van der Waals surface area (Å²) in [7, 11) is 0. The second-order valence-corrected chi connectivity index (χ2v) is 3.19. The quantitative estimate of drug-likeness (QED) is 0.574. The van der Waals surface area contributed by atoms with E-state index in [9.17, 15) is 0 Å². The Morgan fingerprint density at radius 3 is 2.92 bits per heavy atom. The van der Waals surface area contributed by atoms with Crippen molar-refractivity contribution in [3.05, 3.63) is 36.4 Å². The van der Waals surface area contributed by atoms with Crippen molar-refractivity contribution in [2.24, 2.45) is 0 Å². The van der Waals surface area contributed by atoms with Crippen LogP contribution in [0, 0.1) is 0 Å². The molecular weight excluding hydrogens is 150 g/mol. The lowest BCUT2D eigenvalue weighted by molar-refractivity contribution is -0.622. The van der Waals surface area contributed by atoms with Crippen molar-refractivity contribution in [3.8, 4) is 0 Å². The summed E-state index contributed by atoms with van der Waals surface area (Å²) in [6.07, 6.45) is 5.97. The Hall–Kier alpha value is -1.38. The summed E-state index contributed by atoms with van der Waals surface area (Å²) in [6, 6.07) is 3.96. The second kappa shape index (κ2) is 2.59. The molecule has 0 aliphatic heterocycles. The SMILES string of the molecule is CC(C)c1c[n+]2ccccn2n1. The van der Waals surface area contributed by atoms with Gasteiger partial charge in [-0.3, -0.25) is 0 Å². The maximum Gasteiger partial charge on any atom is 0.222 e. The van der Waals surface area contributed by atoms with Crippen LogP contribution >= 0.6 is 0 Å². The molecule has 2 aromatic heterocycles. The molecule has 0 unspecified atom stereocenters. The molecule has 0 N–H and O–H groups in total. The van der Waals surface area contributed by atoms with Crippen molar-refractivity contribution in [1.29, 1.82) is 0 Å². The van der Waals surface area contributed by atoms with Crippen LogP contribution in [0.4, 0.5) is 0 Å². The van der Waals surface area contributed by atoms with E-state index in [1.54, 1.807) is 0 Å². The van der Waals surface area contributed by atoms with E-state index in [1.807, 2.05) is 39.9 Å². The van der Waals surface area contributed by atoms with Gasteiger partial charge >= 0.3 is 0 Å². The van der Waals surface area contributed by atoms with Crippen LogP contribution in [0.5, 0.6) is 0 Å². The van der Waals surface area contributed by atoms with Crippen molar-refractivity contribution in [1.82, 2.24) is 9.73 Å². The fourth-order valence-electron chi connectivity index (χ4n) is 1.14. The summed E-state index contributed by atoms with van der Waals surface area (Å²) in [5.41, 5.74) is 1.12. The molecule has 0 aromatic carbocycles. The summed E-state index contributed by atoms with van der Waals surface area (Å²) >= 11 is 0. The zero-order valence-corrected chi connectivity index (χ0v) is 7.31. The van der Waals surface area contributed by atoms with Crippen LogP contribution < -0.4 is 4.52 Å². The summed E-state index contributed by atoms with van der Waals surface area (Å²) in [5, 5.41) is 4.39. The molecule has 12 heavy (non-hydrogen) atoms. The third-order valence-electron chi connectivity index (χ3n) is 1.88. The molecule has 2 aromatic rings. The van der Waals surface area contributed by atoms with Gasteiger partial charge in [0.15, 0.2) is 6.20 Å². The summed E-state index contributed by atoms with van der Waals surface area (Å²) in [4.78, 5) is 0. The highest BCUT2D eigenvalue weighted by Gasteiger charge is 2.12. The normalized spacial score (nSPS) is 11.2. The molecule has 2 rings (SSSR count). The third-order valence-corrected chi connectivity index (χ3v) is 1.88. The minimum absolute atomic E-state index is 0.484. The first-order valence-corrected chi connectivity index (χ1v) is 4.13. The van der Waals surface area contributed by atoms with Gasteiger partial charge in [0.1, 0.15) is 6.20 Å². The van der Waals surface area contributed by atoms with Gasteiger partial charge < -0.3 is 0 Å². The zero-order valence-electron chi connectivity index (χ0n) is 7.31. The van der Waals surface area contributed by atoms with Gasteiger partial charge in [0.2, 0.25) is 5.69 Å². The monoisotopic (exact) mass is 162 g/mol. The highest BCUT2D eigenvalue weighted by molar-refractivity contribution is 4.95. The van der Waals surface area contributed by atoms with E-state index in [2.05, 4.69) is 18.9 Å². The molecule has 0 spiro atoms. The number of rotatable bonds is 1. The van der Waals surface area contributed by atoms with Crippen LogP contribution in [-0.4, -0.2) is 9.73 Å². The lowest BCUT2D eigenvalue weighted by Gasteiger charge is -1.86. The number of hydrogen-bond acceptors (Lipinski definition) is 1. The molecular formula is C9H12N3+. The topological polar surface area (TPSA) is 21.4 Å². The molecule has 2 heterocycles. The van der Waals surface area contributed by atoms with Crippen LogP contribution in [0.25, 0.3) is 0 Å². The van der Waals surface area contributed by atoms with E-state index < -0.39 is 0 Å². The van der Waals surface area contributed by atoms with Gasteiger partial charge in [0.25, 0.3) is 0 Å². The highest BCUT2D eigenvalue weighted by Crippen LogP contribution is 2.06. The van der Waals surface area contributed by atoms with Crippen LogP contribution in [0.1, 0.15) is 25.5 Å². The van der Waals surface area contributed by atoms with E-state index in [1.165, 1.54) is 0 Å². The minimum atomic E-state index is 0.484. The predicted molar refractivity (Wildman–Crippen MR) is 44.9 cm³/mol. The number of nitrogens with zero attached hydrogens (tertiary/aromatic N) is 3. The summed E-state index contributed by atoms with van der Waals surface area (Å²) < 4.78 is 3.80. The smallest absolute Gasteiger partial charge is 0.128 e. The van der Waals surface area contributed by atoms with Crippen molar-refractivity contribution in [2.45, 2.75) is 19.8 Å². The molecule has 0 atom stereocenters. The lowest BCUT2D eigenvalue weighted by Crippen LogP contribution is -2.26. The van der Waals surface area contributed by atoms with Crippen LogP contribution in [0.3, 0.4) is 0 Å². The average Bonchev–Trinajstić information content (AvgIpc) is 2.46. The maximum absolute atomic E-state index is 4.39. The molecule has 0 bridgehead atoms. The van der Waals surface area contributed by atoms with Crippen LogP contribution in [0.15, 0.2) is 30.7 Å². The fourth-order valence-corrected chi connectivity index (χ4v) is 1.14. The van der Waals surface area contributed by atoms with Crippen molar-refractivity contribution in [2.75, 3.05) is 0 Å². The number of aromatic nitrogens is 3. The first kappa shape index (κ1) is 7.28. The van der Waals surface area contributed by atoms with E-state index in [0.29, 0.717) is 5.92 Å². The zero-order chi connectivity index (χ0) is 8.55. The van der Waals surface area contributed by atoms with Gasteiger partial charge in [-0.05, 0) is 16.8 Å². The first-order chi connectivity index (χ1) is 5.77. The Morgan fingerprint density at radius 2 is 2.25 bits per heavy atom. The predicted octanol–water partition coefficient (Wildman–Crippen LogP) is 1.04. The largest absolute Gasteiger partial charge is 0.222 e. The molecule has 62 valence electrons. The summed E-state index contributed by atoms with van der Waals surface area (Å²) in [6.45, 7) is 4.28. The Bertz CT molecular complexity index is 356. The van der Waals surface area contributed by atoms with Crippen molar-refractivity contribution < 1.29 is 4.52 Å². The van der Waals surface area contributed by atoms with Gasteiger partial charge in [-0.15, -0.1) is 4.52 Å². The molecule has 3 heteroatoms. The Labute approximate surface area is 71.2 Å². The number of fused-ring (bicyclic) bond motifs is 1. The van der Waals surface area contributed by atoms with E-state index in [4.69, 9.17) is 0 Å². The maximum atomic E-state index is 4.39. The summed E-state index contributed by atoms with van der Waals surface area (Å²) in [5.74, 6) is 0.484. The van der Waals surface area contributed by atoms with Gasteiger partial charge in [-0.2, -0.15) is 0 Å². The molecule has 0 aliphatic carbocycles. The molecule has 0 fully saturated rings. The molecule has 0 saturated heterocycles. The van der Waals surface area contributed by atoms with E-state index in [0.717, 1.165) is 5.69 Å². The lowest BCUT2D eigenvalue weighted by atomic mass is 10.2. The van der Waals surface area contributed by atoms with Gasteiger partial charge in [0.05, 0.1) is 6.20 Å². The average molecular weight is 162 g/mol. The Balaban J connectivity index is 2.62. The van der Waals surface area contributed by atoms with Crippen LogP contribution in [-0.2, 0) is 0 Å². The number of hydrogen-bond donors (Lipinski definition) is 0. The Kier molecular flexibility index (Phi) is 1.57. The minimum Gasteiger partial charge on any atom is -0.128 e. The Morgan fingerprint density at radius 1 is 1.42 bits per heavy atom. The van der Waals surface area contributed by atoms with E-state index >= 15 is 0 Å². The molecule has 0 amide bonds. The second-order valence-electron chi connectivity index (χ2n) is 3.19. The van der Waals surface area contributed by atoms with Crippen LogP contribution in [0.2, 0.25) is 0 Å². The van der Waals surface area contributed by atoms with Crippen molar-refractivity contribution in [3.63, 3.8) is 0 Å². The third kappa shape index (κ3) is 1.07. The van der Waals surface area contributed by atoms with E-state index in [-0.39, 0.29) is 0 Å². The molecule has 0 saturated carbocycles. The standard InChI is InChI=1S/C9H12N3/c1-8(2)9-7-11-5-3-4-6-12(11)10-9/h3-8H,1-2H3/q+1. The molecule has 0 aliphatic rings.